The maximum atomic E-state index is 11.9. The van der Waals surface area contributed by atoms with Crippen LogP contribution in [-0.2, 0) is 4.79 Å². The van der Waals surface area contributed by atoms with Gasteiger partial charge in [0.25, 0.3) is 0 Å². The average Bonchev–Trinajstić information content (AvgIpc) is 2.78. The molecule has 1 aromatic rings. The van der Waals surface area contributed by atoms with Crippen LogP contribution in [0.5, 0.6) is 5.75 Å². The summed E-state index contributed by atoms with van der Waals surface area (Å²) in [6.45, 7) is 12.2. The lowest BCUT2D eigenvalue weighted by Gasteiger charge is -2.34. The fourth-order valence-electron chi connectivity index (χ4n) is 3.41. The number of nitrogens with zero attached hydrogens (tertiary/aromatic N) is 3. The Kier molecular flexibility index (Phi) is 9.73. The molecule has 0 saturated carbocycles. The number of methoxy groups -OCH3 is 1. The summed E-state index contributed by atoms with van der Waals surface area (Å²) in [6.07, 6.45) is 9.01. The van der Waals surface area contributed by atoms with Crippen molar-refractivity contribution in [1.29, 1.82) is 0 Å². The molecular formula is C26H37N3O2. The fraction of sp³-hybridized carbons (Fsp3) is 0.462. The molecule has 5 nitrogen and oxygen atoms in total. The van der Waals surface area contributed by atoms with E-state index in [2.05, 4.69) is 55.8 Å². The second-order valence-electron chi connectivity index (χ2n) is 8.05. The van der Waals surface area contributed by atoms with E-state index >= 15 is 0 Å². The Morgan fingerprint density at radius 3 is 2.32 bits per heavy atom. The highest BCUT2D eigenvalue weighted by atomic mass is 16.5. The molecule has 0 bridgehead atoms. The molecular weight excluding hydrogens is 386 g/mol. The number of carbonyl (C=O) groups excluding carboxylic acids is 1. The lowest BCUT2D eigenvalue weighted by Crippen LogP contribution is -2.43. The predicted octanol–water partition coefficient (Wildman–Crippen LogP) is 4.82. The summed E-state index contributed by atoms with van der Waals surface area (Å²) in [5, 5.41) is 0. The van der Waals surface area contributed by atoms with Crippen LogP contribution in [-0.4, -0.2) is 61.6 Å². The molecule has 168 valence electrons. The van der Waals surface area contributed by atoms with Crippen LogP contribution >= 0.6 is 0 Å². The maximum absolute atomic E-state index is 11.9. The first-order chi connectivity index (χ1) is 14.9. The number of hydrogen-bond donors (Lipinski definition) is 0. The molecule has 1 saturated heterocycles. The number of piperazine rings is 1. The smallest absolute Gasteiger partial charge is 0.154 e. The van der Waals surface area contributed by atoms with Gasteiger partial charge in [0, 0.05) is 49.2 Å². The van der Waals surface area contributed by atoms with Gasteiger partial charge >= 0.3 is 0 Å². The van der Waals surface area contributed by atoms with Crippen molar-refractivity contribution < 1.29 is 9.53 Å². The quantitative estimate of drug-likeness (QED) is 0.325. The van der Waals surface area contributed by atoms with Crippen molar-refractivity contribution in [2.75, 3.05) is 40.3 Å². The number of ether oxygens (including phenoxy) is 1. The summed E-state index contributed by atoms with van der Waals surface area (Å²) < 4.78 is 5.26. The molecule has 1 heterocycles. The third kappa shape index (κ3) is 7.51. The van der Waals surface area contributed by atoms with Crippen molar-refractivity contribution in [3.63, 3.8) is 0 Å². The first-order valence-electron chi connectivity index (χ1n) is 11.1. The van der Waals surface area contributed by atoms with Gasteiger partial charge in [0.1, 0.15) is 5.75 Å². The number of ketones is 1. The molecule has 1 unspecified atom stereocenters. The second kappa shape index (κ2) is 12.3. The Balaban J connectivity index is 2.36. The van der Waals surface area contributed by atoms with Gasteiger partial charge in [-0.15, -0.1) is 0 Å². The van der Waals surface area contributed by atoms with Gasteiger partial charge in [0.15, 0.2) is 5.78 Å². The normalized spacial score (nSPS) is 17.9. The Bertz CT molecular complexity index is 842. The molecule has 1 aliphatic heterocycles. The molecule has 31 heavy (non-hydrogen) atoms. The highest BCUT2D eigenvalue weighted by molar-refractivity contribution is 6.03. The first-order valence-corrected chi connectivity index (χ1v) is 11.1. The van der Waals surface area contributed by atoms with Gasteiger partial charge in [0.2, 0.25) is 0 Å². The average molecular weight is 424 g/mol. The van der Waals surface area contributed by atoms with E-state index < -0.39 is 0 Å². The summed E-state index contributed by atoms with van der Waals surface area (Å²) in [5.41, 5.74) is 3.76. The molecule has 0 N–H and O–H groups in total. The Morgan fingerprint density at radius 2 is 1.81 bits per heavy atom. The summed E-state index contributed by atoms with van der Waals surface area (Å²) in [7, 11) is 3.81. The zero-order chi connectivity index (χ0) is 22.8. The van der Waals surface area contributed by atoms with Gasteiger partial charge in [-0.05, 0) is 69.7 Å². The van der Waals surface area contributed by atoms with Crippen LogP contribution in [0, 0.1) is 5.92 Å². The number of aliphatic imine (C=N–C) groups is 1. The minimum absolute atomic E-state index is 0.0198. The number of carbonyl (C=O) groups is 1. The molecule has 0 amide bonds. The summed E-state index contributed by atoms with van der Waals surface area (Å²) >= 11 is 0. The Morgan fingerprint density at radius 1 is 1.16 bits per heavy atom. The molecule has 1 aliphatic rings. The van der Waals surface area contributed by atoms with E-state index in [1.807, 2.05) is 24.3 Å². The van der Waals surface area contributed by atoms with Crippen molar-refractivity contribution in [3.05, 3.63) is 59.8 Å². The summed E-state index contributed by atoms with van der Waals surface area (Å²) in [4.78, 5) is 21.6. The highest BCUT2D eigenvalue weighted by Crippen LogP contribution is 2.22. The molecule has 0 radical (unpaired) electrons. The maximum Gasteiger partial charge on any atom is 0.154 e. The molecule has 2 rings (SSSR count). The third-order valence-electron chi connectivity index (χ3n) is 5.68. The van der Waals surface area contributed by atoms with E-state index in [0.717, 1.165) is 49.6 Å². The van der Waals surface area contributed by atoms with Crippen LogP contribution in [0.15, 0.2) is 59.3 Å². The molecule has 5 heteroatoms. The third-order valence-corrected chi connectivity index (χ3v) is 5.68. The summed E-state index contributed by atoms with van der Waals surface area (Å²) in [5.74, 6) is 1.03. The van der Waals surface area contributed by atoms with Crippen LogP contribution in [0.2, 0.25) is 0 Å². The molecule has 0 spiro atoms. The van der Waals surface area contributed by atoms with E-state index in [9.17, 15) is 4.79 Å². The van der Waals surface area contributed by atoms with Gasteiger partial charge in [-0.3, -0.25) is 9.79 Å². The number of benzene rings is 1. The van der Waals surface area contributed by atoms with E-state index in [4.69, 9.17) is 9.73 Å². The van der Waals surface area contributed by atoms with Crippen LogP contribution < -0.4 is 4.74 Å². The molecule has 1 aromatic carbocycles. The molecule has 0 aliphatic carbocycles. The Labute approximate surface area is 187 Å². The number of rotatable bonds is 9. The summed E-state index contributed by atoms with van der Waals surface area (Å²) in [6, 6.07) is 7.67. The van der Waals surface area contributed by atoms with Gasteiger partial charge < -0.3 is 14.5 Å². The first kappa shape index (κ1) is 24.6. The van der Waals surface area contributed by atoms with Gasteiger partial charge in [-0.2, -0.15) is 0 Å². The number of hydrogen-bond acceptors (Lipinski definition) is 5. The largest absolute Gasteiger partial charge is 0.497 e. The fourth-order valence-corrected chi connectivity index (χ4v) is 3.41. The van der Waals surface area contributed by atoms with Crippen molar-refractivity contribution in [2.24, 2.45) is 10.9 Å². The van der Waals surface area contributed by atoms with Gasteiger partial charge in [-0.25, -0.2) is 0 Å². The molecule has 1 atom stereocenters. The van der Waals surface area contributed by atoms with Crippen LogP contribution in [0.3, 0.4) is 0 Å². The van der Waals surface area contributed by atoms with Crippen LogP contribution in [0.25, 0.3) is 5.70 Å². The predicted molar refractivity (Wildman–Crippen MR) is 131 cm³/mol. The number of likely N-dealkylation sites (N-methyl/N-ethyl adjacent to an activating group) is 1. The number of allylic oxidation sites excluding steroid dienone is 4. The minimum Gasteiger partial charge on any atom is -0.497 e. The van der Waals surface area contributed by atoms with Gasteiger partial charge in [0.05, 0.1) is 12.8 Å². The van der Waals surface area contributed by atoms with E-state index in [1.165, 1.54) is 5.70 Å². The molecule has 1 fully saturated rings. The van der Waals surface area contributed by atoms with Crippen molar-refractivity contribution in [1.82, 2.24) is 9.80 Å². The van der Waals surface area contributed by atoms with Gasteiger partial charge in [-0.1, -0.05) is 19.9 Å². The highest BCUT2D eigenvalue weighted by Gasteiger charge is 2.15. The Hall–Kier alpha value is -2.66. The van der Waals surface area contributed by atoms with Crippen LogP contribution in [0.4, 0.5) is 0 Å². The zero-order valence-electron chi connectivity index (χ0n) is 19.9. The monoisotopic (exact) mass is 423 g/mol. The van der Waals surface area contributed by atoms with Crippen LogP contribution in [0.1, 0.15) is 39.7 Å². The second-order valence-corrected chi connectivity index (χ2v) is 8.05. The van der Waals surface area contributed by atoms with Crippen molar-refractivity contribution >= 4 is 17.2 Å². The zero-order valence-corrected chi connectivity index (χ0v) is 19.9. The lowest BCUT2D eigenvalue weighted by molar-refractivity contribution is -0.112. The van der Waals surface area contributed by atoms with E-state index in [1.54, 1.807) is 20.1 Å². The van der Waals surface area contributed by atoms with Crippen molar-refractivity contribution in [2.45, 2.75) is 34.1 Å². The minimum atomic E-state index is -0.0198. The van der Waals surface area contributed by atoms with Crippen molar-refractivity contribution in [3.8, 4) is 5.75 Å². The lowest BCUT2D eigenvalue weighted by atomic mass is 10.0. The van der Waals surface area contributed by atoms with E-state index in [-0.39, 0.29) is 11.7 Å². The standard InChI is InChI=1S/C26H37N3O2/c1-7-20(3)25(14-11-23(8-2)29-17-15-28(5)16-18-29)27-26(19-21(4)30)22-9-12-24(31-6)13-10-22/h8-14,19-20H,7,15-18H2,1-6H3/b14-11-,23-8+,26-19-,27-25+. The topological polar surface area (TPSA) is 45.1 Å². The van der Waals surface area contributed by atoms with E-state index in [0.29, 0.717) is 5.70 Å². The SMILES string of the molecule is C\C=C(/C=C\C(=N/C(=C\C(C)=O)c1ccc(OC)cc1)C(C)CC)N1CCN(C)CC1. The molecule has 0 aromatic heterocycles.